The molecule has 0 aliphatic heterocycles. The van der Waals surface area contributed by atoms with Gasteiger partial charge in [-0.15, -0.1) is 0 Å². The second-order valence-electron chi connectivity index (χ2n) is 6.09. The zero-order valence-electron chi connectivity index (χ0n) is 16.0. The van der Waals surface area contributed by atoms with Crippen LogP contribution >= 0.6 is 23.2 Å². The molecule has 2 rings (SSSR count). The molecule has 2 aromatic rings. The van der Waals surface area contributed by atoms with Gasteiger partial charge in [0.25, 0.3) is 0 Å². The summed E-state index contributed by atoms with van der Waals surface area (Å²) in [6, 6.07) is 8.21. The molecule has 2 aromatic carbocycles. The number of carbonyl (C=O) groups excluding carboxylic acids is 2. The molecule has 0 saturated heterocycles. The minimum Gasteiger partial charge on any atom is -0.503 e. The van der Waals surface area contributed by atoms with Crippen molar-refractivity contribution in [3.05, 3.63) is 51.5 Å². The van der Waals surface area contributed by atoms with E-state index in [1.807, 2.05) is 6.92 Å². The molecule has 9 heteroatoms. The van der Waals surface area contributed by atoms with Crippen molar-refractivity contribution in [2.75, 3.05) is 11.9 Å². The second-order valence-corrected chi connectivity index (χ2v) is 6.90. The van der Waals surface area contributed by atoms with Crippen molar-refractivity contribution in [3.63, 3.8) is 0 Å². The molecule has 0 radical (unpaired) electrons. The van der Waals surface area contributed by atoms with Gasteiger partial charge >= 0.3 is 0 Å². The van der Waals surface area contributed by atoms with Gasteiger partial charge < -0.3 is 15.2 Å². The number of nitrogens with one attached hydrogen (secondary N) is 2. The largest absolute Gasteiger partial charge is 0.503 e. The Morgan fingerprint density at radius 1 is 1.14 bits per heavy atom. The maximum absolute atomic E-state index is 12.0. The zero-order chi connectivity index (χ0) is 21.4. The van der Waals surface area contributed by atoms with E-state index in [9.17, 15) is 14.7 Å². The molecular weight excluding hydrogens is 417 g/mol. The van der Waals surface area contributed by atoms with Crippen molar-refractivity contribution in [2.24, 2.45) is 5.10 Å². The second kappa shape index (κ2) is 10.7. The predicted octanol–water partition coefficient (Wildman–Crippen LogP) is 4.28. The highest BCUT2D eigenvalue weighted by atomic mass is 35.5. The number of aryl methyl sites for hydroxylation is 1. The Balaban J connectivity index is 1.83. The number of amides is 2. The van der Waals surface area contributed by atoms with Crippen LogP contribution in [0, 0.1) is 6.92 Å². The number of ether oxygens (including phenoxy) is 1. The number of rotatable bonds is 8. The summed E-state index contributed by atoms with van der Waals surface area (Å²) in [6.45, 7) is 4.00. The Hall–Kier alpha value is -2.77. The van der Waals surface area contributed by atoms with E-state index in [0.29, 0.717) is 22.9 Å². The number of hydrazone groups is 1. The SMILES string of the molecule is CCOc1cc(/C=N/NC(=O)CCC(=O)Nc2ccc(C)c(Cl)c2)cc(Cl)c1O. The minimum atomic E-state index is -0.423. The summed E-state index contributed by atoms with van der Waals surface area (Å²) in [5.41, 5.74) is 4.34. The Morgan fingerprint density at radius 2 is 1.86 bits per heavy atom. The first kappa shape index (κ1) is 22.5. The fourth-order valence-electron chi connectivity index (χ4n) is 2.29. The molecule has 0 fully saturated rings. The van der Waals surface area contributed by atoms with E-state index in [4.69, 9.17) is 27.9 Å². The van der Waals surface area contributed by atoms with Crippen molar-refractivity contribution in [3.8, 4) is 11.5 Å². The molecule has 2 amide bonds. The molecule has 0 bridgehead atoms. The third-order valence-electron chi connectivity index (χ3n) is 3.79. The molecule has 0 unspecified atom stereocenters. The minimum absolute atomic E-state index is 0.00756. The number of phenols is 1. The van der Waals surface area contributed by atoms with E-state index in [1.54, 1.807) is 31.2 Å². The number of nitrogens with zero attached hydrogens (tertiary/aromatic N) is 1. The van der Waals surface area contributed by atoms with Crippen LogP contribution in [0.4, 0.5) is 5.69 Å². The van der Waals surface area contributed by atoms with Crippen LogP contribution in [0.3, 0.4) is 0 Å². The molecule has 0 aromatic heterocycles. The first-order valence-electron chi connectivity index (χ1n) is 8.83. The summed E-state index contributed by atoms with van der Waals surface area (Å²) < 4.78 is 5.28. The van der Waals surface area contributed by atoms with E-state index in [-0.39, 0.29) is 35.3 Å². The lowest BCUT2D eigenvalue weighted by Gasteiger charge is -2.08. The van der Waals surface area contributed by atoms with Gasteiger partial charge in [-0.05, 0) is 49.2 Å². The lowest BCUT2D eigenvalue weighted by atomic mass is 10.2. The molecule has 29 heavy (non-hydrogen) atoms. The third-order valence-corrected chi connectivity index (χ3v) is 4.48. The van der Waals surface area contributed by atoms with E-state index in [0.717, 1.165) is 5.56 Å². The normalized spacial score (nSPS) is 10.8. The standard InChI is InChI=1S/C20H21Cl2N3O4/c1-3-29-17-9-13(8-16(22)20(17)28)11-23-25-19(27)7-6-18(26)24-14-5-4-12(2)15(21)10-14/h4-5,8-11,28H,3,6-7H2,1-2H3,(H,24,26)(H,25,27)/b23-11+. The number of phenolic OH excluding ortho intramolecular Hbond substituents is 1. The Kier molecular flexibility index (Phi) is 8.30. The number of hydrogen-bond donors (Lipinski definition) is 3. The highest BCUT2D eigenvalue weighted by Crippen LogP contribution is 2.34. The van der Waals surface area contributed by atoms with Gasteiger partial charge in [-0.1, -0.05) is 29.3 Å². The molecule has 0 aliphatic rings. The fraction of sp³-hybridized carbons (Fsp3) is 0.250. The smallest absolute Gasteiger partial charge is 0.240 e. The topological polar surface area (TPSA) is 100 Å². The molecule has 0 saturated carbocycles. The number of anilines is 1. The average molecular weight is 438 g/mol. The van der Waals surface area contributed by atoms with Crippen molar-refractivity contribution >= 4 is 46.9 Å². The Labute approximate surface area is 178 Å². The molecule has 0 heterocycles. The summed E-state index contributed by atoms with van der Waals surface area (Å²) in [4.78, 5) is 23.8. The van der Waals surface area contributed by atoms with Gasteiger partial charge in [-0.25, -0.2) is 5.43 Å². The van der Waals surface area contributed by atoms with Crippen LogP contribution in [-0.4, -0.2) is 29.7 Å². The van der Waals surface area contributed by atoms with Crippen LogP contribution < -0.4 is 15.5 Å². The fourth-order valence-corrected chi connectivity index (χ4v) is 2.69. The summed E-state index contributed by atoms with van der Waals surface area (Å²) >= 11 is 12.0. The molecule has 3 N–H and O–H groups in total. The van der Waals surface area contributed by atoms with Crippen molar-refractivity contribution < 1.29 is 19.4 Å². The highest BCUT2D eigenvalue weighted by Gasteiger charge is 2.10. The number of hydrogen-bond acceptors (Lipinski definition) is 5. The molecule has 0 atom stereocenters. The third kappa shape index (κ3) is 6.96. The molecule has 154 valence electrons. The maximum atomic E-state index is 12.0. The van der Waals surface area contributed by atoms with Crippen molar-refractivity contribution in [1.29, 1.82) is 0 Å². The van der Waals surface area contributed by atoms with E-state index < -0.39 is 5.91 Å². The molecule has 7 nitrogen and oxygen atoms in total. The predicted molar refractivity (Wildman–Crippen MR) is 114 cm³/mol. The average Bonchev–Trinajstić information content (AvgIpc) is 2.67. The van der Waals surface area contributed by atoms with Gasteiger partial charge in [0, 0.05) is 23.6 Å². The van der Waals surface area contributed by atoms with Crippen LogP contribution in [0.5, 0.6) is 11.5 Å². The Bertz CT molecular complexity index is 932. The Morgan fingerprint density at radius 3 is 2.55 bits per heavy atom. The highest BCUT2D eigenvalue weighted by molar-refractivity contribution is 6.32. The van der Waals surface area contributed by atoms with Gasteiger partial charge in [0.05, 0.1) is 17.8 Å². The van der Waals surface area contributed by atoms with Crippen LogP contribution in [-0.2, 0) is 9.59 Å². The van der Waals surface area contributed by atoms with E-state index >= 15 is 0 Å². The van der Waals surface area contributed by atoms with Gasteiger partial charge in [-0.3, -0.25) is 9.59 Å². The van der Waals surface area contributed by atoms with Crippen LogP contribution in [0.25, 0.3) is 0 Å². The lowest BCUT2D eigenvalue weighted by molar-refractivity contribution is -0.124. The van der Waals surface area contributed by atoms with Gasteiger partial charge in [-0.2, -0.15) is 5.10 Å². The summed E-state index contributed by atoms with van der Waals surface area (Å²) in [6.07, 6.45) is 1.32. The van der Waals surface area contributed by atoms with E-state index in [1.165, 1.54) is 12.3 Å². The van der Waals surface area contributed by atoms with Gasteiger partial charge in [0.1, 0.15) is 0 Å². The van der Waals surface area contributed by atoms with Crippen LogP contribution in [0.15, 0.2) is 35.4 Å². The zero-order valence-corrected chi connectivity index (χ0v) is 17.5. The van der Waals surface area contributed by atoms with Gasteiger partial charge in [0.15, 0.2) is 11.5 Å². The molecule has 0 aliphatic carbocycles. The van der Waals surface area contributed by atoms with E-state index in [2.05, 4.69) is 15.8 Å². The molecule has 0 spiro atoms. The molecular formula is C20H21Cl2N3O4. The number of benzene rings is 2. The first-order valence-corrected chi connectivity index (χ1v) is 9.59. The summed E-state index contributed by atoms with van der Waals surface area (Å²) in [5.74, 6) is -0.666. The van der Waals surface area contributed by atoms with Crippen LogP contribution in [0.1, 0.15) is 30.9 Å². The monoisotopic (exact) mass is 437 g/mol. The van der Waals surface area contributed by atoms with Crippen molar-refractivity contribution in [2.45, 2.75) is 26.7 Å². The summed E-state index contributed by atoms with van der Waals surface area (Å²) in [7, 11) is 0. The van der Waals surface area contributed by atoms with Crippen molar-refractivity contribution in [1.82, 2.24) is 5.43 Å². The first-order chi connectivity index (χ1) is 13.8. The van der Waals surface area contributed by atoms with Crippen LogP contribution in [0.2, 0.25) is 10.0 Å². The van der Waals surface area contributed by atoms with Gasteiger partial charge in [0.2, 0.25) is 11.8 Å². The summed E-state index contributed by atoms with van der Waals surface area (Å²) in [5, 5.41) is 17.0. The number of carbonyl (C=O) groups is 2. The number of halogens is 2. The lowest BCUT2D eigenvalue weighted by Crippen LogP contribution is -2.20. The number of aromatic hydroxyl groups is 1. The maximum Gasteiger partial charge on any atom is 0.240 e. The quantitative estimate of drug-likeness (QED) is 0.423.